The molecule has 0 saturated carbocycles. The van der Waals surface area contributed by atoms with Crippen molar-refractivity contribution in [2.24, 2.45) is 0 Å². The van der Waals surface area contributed by atoms with Crippen LogP contribution in [-0.4, -0.2) is 30.6 Å². The molecule has 0 aliphatic heterocycles. The Bertz CT molecular complexity index is 93.3. The summed E-state index contributed by atoms with van der Waals surface area (Å²) >= 11 is 0. The van der Waals surface area contributed by atoms with Crippen molar-refractivity contribution in [1.29, 1.82) is 0 Å². The van der Waals surface area contributed by atoms with E-state index in [0.717, 1.165) is 0 Å². The average Bonchev–Trinajstić information content (AvgIpc) is 1.87. The van der Waals surface area contributed by atoms with Crippen LogP contribution >= 0.6 is 0 Å². The van der Waals surface area contributed by atoms with Crippen LogP contribution in [0.1, 0.15) is 20.8 Å². The van der Waals surface area contributed by atoms with Gasteiger partial charge in [0, 0.05) is 7.11 Å². The summed E-state index contributed by atoms with van der Waals surface area (Å²) in [5.41, 5.74) is 0.0417. The Morgan fingerprint density at radius 2 is 1.33 bits per heavy atom. The van der Waals surface area contributed by atoms with Gasteiger partial charge in [0.25, 0.3) is 12.8 Å². The quantitative estimate of drug-likeness (QED) is 0.681. The Labute approximate surface area is 70.3 Å². The van der Waals surface area contributed by atoms with Crippen molar-refractivity contribution in [2.75, 3.05) is 7.11 Å². The number of aliphatic hydroxyl groups is 1. The Kier molecular flexibility index (Phi) is 7.42. The van der Waals surface area contributed by atoms with Gasteiger partial charge in [-0.15, -0.1) is 0 Å². The van der Waals surface area contributed by atoms with Crippen LogP contribution < -0.4 is 0 Å². The third-order valence-electron chi connectivity index (χ3n) is 0.820. The molecule has 76 valence electrons. The van der Waals surface area contributed by atoms with E-state index in [4.69, 9.17) is 9.84 Å². The fourth-order valence-corrected chi connectivity index (χ4v) is 0. The lowest BCUT2D eigenvalue weighted by molar-refractivity contribution is -0.0843. The van der Waals surface area contributed by atoms with Crippen LogP contribution in [-0.2, 0) is 4.74 Å². The molecular formula is C7H15F3O2. The number of halogens is 3. The first-order valence-electron chi connectivity index (χ1n) is 3.36. The zero-order valence-corrected chi connectivity index (χ0v) is 7.64. The van der Waals surface area contributed by atoms with Gasteiger partial charge in [0.15, 0.2) is 0 Å². The predicted octanol–water partition coefficient (Wildman–Crippen LogP) is 1.97. The smallest absolute Gasteiger partial charge is 0.293 e. The number of aliphatic hydroxyl groups excluding tert-OH is 1. The minimum Gasteiger partial charge on any atom is -0.379 e. The highest BCUT2D eigenvalue weighted by atomic mass is 19.3. The van der Waals surface area contributed by atoms with Crippen LogP contribution in [0.2, 0.25) is 0 Å². The maximum Gasteiger partial charge on any atom is 0.293 e. The molecule has 12 heavy (non-hydrogen) atoms. The number of alkyl halides is 3. The second kappa shape index (κ2) is 6.25. The van der Waals surface area contributed by atoms with E-state index in [1.807, 2.05) is 20.8 Å². The molecular weight excluding hydrogens is 173 g/mol. The summed E-state index contributed by atoms with van der Waals surface area (Å²) in [6.07, 6.45) is -6.24. The minimum absolute atomic E-state index is 0.0417. The van der Waals surface area contributed by atoms with E-state index in [9.17, 15) is 13.2 Å². The molecule has 0 aromatic rings. The molecule has 0 radical (unpaired) electrons. The van der Waals surface area contributed by atoms with Gasteiger partial charge in [0.2, 0.25) is 0 Å². The average molecular weight is 188 g/mol. The van der Waals surface area contributed by atoms with Crippen molar-refractivity contribution in [3.63, 3.8) is 0 Å². The van der Waals surface area contributed by atoms with Crippen LogP contribution in [0.15, 0.2) is 0 Å². The van der Waals surface area contributed by atoms with Crippen molar-refractivity contribution in [1.82, 2.24) is 0 Å². The molecule has 0 aliphatic carbocycles. The maximum absolute atomic E-state index is 10.6. The van der Waals surface area contributed by atoms with Crippen LogP contribution in [0.25, 0.3) is 0 Å². The van der Waals surface area contributed by atoms with Gasteiger partial charge in [-0.1, -0.05) is 0 Å². The third-order valence-corrected chi connectivity index (χ3v) is 0.820. The summed E-state index contributed by atoms with van der Waals surface area (Å²) in [7, 11) is 1.71. The highest BCUT2D eigenvalue weighted by Crippen LogP contribution is 2.02. The summed E-state index contributed by atoms with van der Waals surface area (Å²) in [6.45, 7) is 6.06. The van der Waals surface area contributed by atoms with Gasteiger partial charge >= 0.3 is 0 Å². The van der Waals surface area contributed by atoms with Crippen LogP contribution in [0.3, 0.4) is 0 Å². The van der Waals surface area contributed by atoms with E-state index in [0.29, 0.717) is 0 Å². The second-order valence-electron chi connectivity index (χ2n) is 3.02. The third kappa shape index (κ3) is 16.4. The lowest BCUT2D eigenvalue weighted by atomic mass is 10.2. The normalized spacial score (nSPS) is 13.8. The Hall–Kier alpha value is -0.290. The number of ether oxygens (including phenoxy) is 1. The SMILES string of the molecule is COC(C)(C)C.OC(F)C(F)F. The molecule has 0 bridgehead atoms. The van der Waals surface area contributed by atoms with Gasteiger partial charge in [0.05, 0.1) is 5.60 Å². The second-order valence-corrected chi connectivity index (χ2v) is 3.02. The molecule has 1 N–H and O–H groups in total. The summed E-state index contributed by atoms with van der Waals surface area (Å²) in [5, 5.41) is 7.21. The molecule has 5 heteroatoms. The highest BCUT2D eigenvalue weighted by molar-refractivity contribution is 4.55. The summed E-state index contributed by atoms with van der Waals surface area (Å²) < 4.78 is 36.6. The molecule has 0 aliphatic rings. The van der Waals surface area contributed by atoms with Crippen LogP contribution in [0.5, 0.6) is 0 Å². The number of hydrogen-bond acceptors (Lipinski definition) is 2. The molecule has 0 spiro atoms. The highest BCUT2D eigenvalue weighted by Gasteiger charge is 2.12. The topological polar surface area (TPSA) is 29.5 Å². The molecule has 1 unspecified atom stereocenters. The molecule has 0 aromatic carbocycles. The summed E-state index contributed by atoms with van der Waals surface area (Å²) in [5.74, 6) is 0. The maximum atomic E-state index is 10.6. The largest absolute Gasteiger partial charge is 0.379 e. The minimum atomic E-state index is -3.26. The molecule has 0 aromatic heterocycles. The van der Waals surface area contributed by atoms with E-state index in [1.54, 1.807) is 7.11 Å². The molecule has 0 rings (SSSR count). The fraction of sp³-hybridized carbons (Fsp3) is 1.00. The Balaban J connectivity index is 0. The first kappa shape index (κ1) is 14.2. The molecule has 0 fully saturated rings. The van der Waals surface area contributed by atoms with Gasteiger partial charge < -0.3 is 9.84 Å². The zero-order chi connectivity index (χ0) is 10.4. The first-order chi connectivity index (χ1) is 5.20. The standard InChI is InChI=1S/C5H12O.C2H3F3O/c1-5(2,3)6-4;3-1(4)2(5)6/h1-4H3;1-2,6H. The van der Waals surface area contributed by atoms with E-state index in [-0.39, 0.29) is 5.60 Å². The van der Waals surface area contributed by atoms with Crippen molar-refractivity contribution >= 4 is 0 Å². The molecule has 1 atom stereocenters. The van der Waals surface area contributed by atoms with E-state index in [2.05, 4.69) is 0 Å². The van der Waals surface area contributed by atoms with Gasteiger partial charge in [0.1, 0.15) is 0 Å². The van der Waals surface area contributed by atoms with E-state index >= 15 is 0 Å². The fourth-order valence-electron chi connectivity index (χ4n) is 0. The van der Waals surface area contributed by atoms with E-state index < -0.39 is 12.8 Å². The number of hydrogen-bond donors (Lipinski definition) is 1. The number of rotatable bonds is 1. The molecule has 0 saturated heterocycles. The van der Waals surface area contributed by atoms with Crippen molar-refractivity contribution in [2.45, 2.75) is 39.2 Å². The Morgan fingerprint density at radius 3 is 1.33 bits per heavy atom. The number of methoxy groups -OCH3 is 1. The van der Waals surface area contributed by atoms with Crippen LogP contribution in [0, 0.1) is 0 Å². The van der Waals surface area contributed by atoms with Crippen LogP contribution in [0.4, 0.5) is 13.2 Å². The summed E-state index contributed by atoms with van der Waals surface area (Å²) in [4.78, 5) is 0. The lowest BCUT2D eigenvalue weighted by Crippen LogP contribution is -2.15. The van der Waals surface area contributed by atoms with Gasteiger partial charge in [-0.2, -0.15) is 0 Å². The summed E-state index contributed by atoms with van der Waals surface area (Å²) in [6, 6.07) is 0. The van der Waals surface area contributed by atoms with Gasteiger partial charge in [-0.05, 0) is 20.8 Å². The zero-order valence-electron chi connectivity index (χ0n) is 7.64. The first-order valence-corrected chi connectivity index (χ1v) is 3.36. The molecule has 0 heterocycles. The Morgan fingerprint density at radius 1 is 1.17 bits per heavy atom. The lowest BCUT2D eigenvalue weighted by Gasteiger charge is -2.14. The van der Waals surface area contributed by atoms with Gasteiger partial charge in [-0.25, -0.2) is 13.2 Å². The monoisotopic (exact) mass is 188 g/mol. The molecule has 0 amide bonds. The van der Waals surface area contributed by atoms with Crippen molar-refractivity contribution in [3.05, 3.63) is 0 Å². The predicted molar refractivity (Wildman–Crippen MR) is 39.9 cm³/mol. The molecule has 2 nitrogen and oxygen atoms in total. The van der Waals surface area contributed by atoms with E-state index in [1.165, 1.54) is 0 Å². The van der Waals surface area contributed by atoms with Crippen molar-refractivity contribution < 1.29 is 23.0 Å². The van der Waals surface area contributed by atoms with Crippen molar-refractivity contribution in [3.8, 4) is 0 Å². The van der Waals surface area contributed by atoms with Gasteiger partial charge in [-0.3, -0.25) is 0 Å².